The van der Waals surface area contributed by atoms with Crippen LogP contribution in [-0.2, 0) is 7.05 Å². The van der Waals surface area contributed by atoms with Crippen molar-refractivity contribution in [3.05, 3.63) is 36.7 Å². The van der Waals surface area contributed by atoms with Gasteiger partial charge in [0.2, 0.25) is 0 Å². The van der Waals surface area contributed by atoms with Gasteiger partial charge in [-0.15, -0.1) is 0 Å². The number of benzene rings is 1. The molecule has 0 fully saturated rings. The van der Waals surface area contributed by atoms with Gasteiger partial charge in [0, 0.05) is 30.6 Å². The first-order valence-electron chi connectivity index (χ1n) is 4.77. The van der Waals surface area contributed by atoms with Crippen LogP contribution in [0.25, 0.3) is 11.1 Å². The summed E-state index contributed by atoms with van der Waals surface area (Å²) in [6.07, 6.45) is 3.88. The Balaban J connectivity index is 2.58. The molecule has 1 aromatic carbocycles. The summed E-state index contributed by atoms with van der Waals surface area (Å²) in [7, 11) is 3.62. The van der Waals surface area contributed by atoms with Crippen LogP contribution in [0.4, 0.5) is 5.69 Å². The van der Waals surface area contributed by atoms with Crippen LogP contribution < -0.4 is 10.5 Å². The van der Waals surface area contributed by atoms with Crippen LogP contribution in [0.15, 0.2) is 36.7 Å². The third-order valence-corrected chi connectivity index (χ3v) is 2.38. The van der Waals surface area contributed by atoms with Crippen LogP contribution in [0.2, 0.25) is 0 Å². The molecule has 0 aliphatic rings. The molecule has 1 aromatic heterocycles. The summed E-state index contributed by atoms with van der Waals surface area (Å²) in [5.41, 5.74) is 8.72. The van der Waals surface area contributed by atoms with Gasteiger partial charge < -0.3 is 15.0 Å². The Bertz CT molecular complexity index is 474. The second kappa shape index (κ2) is 3.69. The molecule has 0 saturated carbocycles. The molecule has 2 rings (SSSR count). The van der Waals surface area contributed by atoms with Gasteiger partial charge in [-0.2, -0.15) is 0 Å². The molecule has 0 spiro atoms. The topological polar surface area (TPSA) is 40.2 Å². The minimum atomic E-state index is 0.766. The highest BCUT2D eigenvalue weighted by molar-refractivity contribution is 5.80. The molecule has 2 aromatic rings. The molecule has 3 heteroatoms. The zero-order chi connectivity index (χ0) is 10.8. The number of ether oxygens (including phenoxy) is 1. The Kier molecular flexibility index (Phi) is 2.37. The molecule has 1 heterocycles. The summed E-state index contributed by atoms with van der Waals surface area (Å²) in [5, 5.41) is 0. The van der Waals surface area contributed by atoms with Crippen molar-refractivity contribution in [2.75, 3.05) is 12.8 Å². The van der Waals surface area contributed by atoms with Gasteiger partial charge in [0.05, 0.1) is 12.8 Å². The third-order valence-electron chi connectivity index (χ3n) is 2.38. The lowest BCUT2D eigenvalue weighted by molar-refractivity contribution is 0.416. The van der Waals surface area contributed by atoms with E-state index in [4.69, 9.17) is 10.5 Å². The molecule has 15 heavy (non-hydrogen) atoms. The van der Waals surface area contributed by atoms with Crippen molar-refractivity contribution < 1.29 is 4.74 Å². The molecule has 0 amide bonds. The van der Waals surface area contributed by atoms with E-state index in [2.05, 4.69) is 0 Å². The molecule has 78 valence electrons. The molecule has 0 aliphatic heterocycles. The number of para-hydroxylation sites is 1. The van der Waals surface area contributed by atoms with E-state index >= 15 is 0 Å². The molecule has 3 nitrogen and oxygen atoms in total. The Morgan fingerprint density at radius 1 is 1.13 bits per heavy atom. The highest BCUT2D eigenvalue weighted by atomic mass is 16.5. The average molecular weight is 202 g/mol. The summed E-state index contributed by atoms with van der Waals surface area (Å²) in [5.74, 6) is 0.843. The Morgan fingerprint density at radius 3 is 2.47 bits per heavy atom. The number of hydrogen-bond acceptors (Lipinski definition) is 2. The maximum absolute atomic E-state index is 5.92. The maximum Gasteiger partial charge on any atom is 0.126 e. The Labute approximate surface area is 89.1 Å². The summed E-state index contributed by atoms with van der Waals surface area (Å²) < 4.78 is 7.24. The average Bonchev–Trinajstić information content (AvgIpc) is 2.57. The lowest BCUT2D eigenvalue weighted by atomic mass is 10.1. The number of aryl methyl sites for hydroxylation is 1. The molecule has 0 aliphatic carbocycles. The third kappa shape index (κ3) is 1.68. The zero-order valence-electron chi connectivity index (χ0n) is 8.90. The molecule has 0 radical (unpaired) electrons. The smallest absolute Gasteiger partial charge is 0.126 e. The fourth-order valence-corrected chi connectivity index (χ4v) is 1.70. The van der Waals surface area contributed by atoms with Crippen molar-refractivity contribution >= 4 is 5.69 Å². The summed E-state index contributed by atoms with van der Waals surface area (Å²) in [6.45, 7) is 0. The number of anilines is 1. The van der Waals surface area contributed by atoms with Gasteiger partial charge in [-0.1, -0.05) is 18.2 Å². The van der Waals surface area contributed by atoms with E-state index in [1.54, 1.807) is 7.11 Å². The number of hydrogen-bond donors (Lipinski definition) is 1. The van der Waals surface area contributed by atoms with E-state index in [1.807, 2.05) is 48.3 Å². The van der Waals surface area contributed by atoms with Gasteiger partial charge >= 0.3 is 0 Å². The molecule has 0 unspecified atom stereocenters. The Hall–Kier alpha value is -1.90. The van der Waals surface area contributed by atoms with E-state index in [-0.39, 0.29) is 0 Å². The quantitative estimate of drug-likeness (QED) is 0.811. The standard InChI is InChI=1S/C12H14N2O/c1-14-7-10(11(13)8-14)9-5-3-4-6-12(9)15-2/h3-8H,13H2,1-2H3. The second-order valence-corrected chi connectivity index (χ2v) is 3.49. The summed E-state index contributed by atoms with van der Waals surface area (Å²) in [6, 6.07) is 7.86. The van der Waals surface area contributed by atoms with Crippen molar-refractivity contribution in [2.24, 2.45) is 7.05 Å². The Morgan fingerprint density at radius 2 is 1.87 bits per heavy atom. The number of nitrogens with two attached hydrogens (primary N) is 1. The van der Waals surface area contributed by atoms with Gasteiger partial charge in [0.25, 0.3) is 0 Å². The number of methoxy groups -OCH3 is 1. The summed E-state index contributed by atoms with van der Waals surface area (Å²) in [4.78, 5) is 0. The largest absolute Gasteiger partial charge is 0.496 e. The van der Waals surface area contributed by atoms with Crippen molar-refractivity contribution in [2.45, 2.75) is 0 Å². The molecule has 0 atom stereocenters. The number of nitrogens with zero attached hydrogens (tertiary/aromatic N) is 1. The monoisotopic (exact) mass is 202 g/mol. The lowest BCUT2D eigenvalue weighted by Gasteiger charge is -2.06. The van der Waals surface area contributed by atoms with E-state index in [1.165, 1.54) is 0 Å². The molecule has 2 N–H and O–H groups in total. The molecule has 0 bridgehead atoms. The first-order valence-corrected chi connectivity index (χ1v) is 4.77. The minimum Gasteiger partial charge on any atom is -0.496 e. The van der Waals surface area contributed by atoms with E-state index < -0.39 is 0 Å². The molecular weight excluding hydrogens is 188 g/mol. The number of nitrogen functional groups attached to an aromatic ring is 1. The summed E-state index contributed by atoms with van der Waals surface area (Å²) >= 11 is 0. The fourth-order valence-electron chi connectivity index (χ4n) is 1.70. The normalized spacial score (nSPS) is 10.3. The van der Waals surface area contributed by atoms with Gasteiger partial charge in [-0.3, -0.25) is 0 Å². The zero-order valence-corrected chi connectivity index (χ0v) is 8.90. The van der Waals surface area contributed by atoms with Gasteiger partial charge in [-0.05, 0) is 6.07 Å². The van der Waals surface area contributed by atoms with E-state index in [9.17, 15) is 0 Å². The number of aromatic nitrogens is 1. The predicted molar refractivity (Wildman–Crippen MR) is 61.8 cm³/mol. The minimum absolute atomic E-state index is 0.766. The van der Waals surface area contributed by atoms with Crippen LogP contribution in [-0.4, -0.2) is 11.7 Å². The van der Waals surface area contributed by atoms with Crippen LogP contribution in [0.5, 0.6) is 5.75 Å². The predicted octanol–water partition coefficient (Wildman–Crippen LogP) is 2.28. The maximum atomic E-state index is 5.92. The highest BCUT2D eigenvalue weighted by Gasteiger charge is 2.09. The van der Waals surface area contributed by atoms with Crippen LogP contribution in [0.3, 0.4) is 0 Å². The first-order chi connectivity index (χ1) is 7.22. The van der Waals surface area contributed by atoms with Crippen LogP contribution in [0.1, 0.15) is 0 Å². The van der Waals surface area contributed by atoms with Gasteiger partial charge in [0.1, 0.15) is 5.75 Å². The highest BCUT2D eigenvalue weighted by Crippen LogP contribution is 2.33. The molecule has 0 saturated heterocycles. The van der Waals surface area contributed by atoms with E-state index in [0.717, 1.165) is 22.6 Å². The molecular formula is C12H14N2O. The first kappa shape index (κ1) is 9.65. The van der Waals surface area contributed by atoms with Crippen LogP contribution >= 0.6 is 0 Å². The fraction of sp³-hybridized carbons (Fsp3) is 0.167. The van der Waals surface area contributed by atoms with Gasteiger partial charge in [-0.25, -0.2) is 0 Å². The van der Waals surface area contributed by atoms with Crippen molar-refractivity contribution in [3.63, 3.8) is 0 Å². The SMILES string of the molecule is COc1ccccc1-c1cn(C)cc1N. The van der Waals surface area contributed by atoms with E-state index in [0.29, 0.717) is 0 Å². The van der Waals surface area contributed by atoms with Gasteiger partial charge in [0.15, 0.2) is 0 Å². The lowest BCUT2D eigenvalue weighted by Crippen LogP contribution is -1.89. The van der Waals surface area contributed by atoms with Crippen molar-refractivity contribution in [3.8, 4) is 16.9 Å². The van der Waals surface area contributed by atoms with Crippen LogP contribution in [0, 0.1) is 0 Å². The number of rotatable bonds is 2. The second-order valence-electron chi connectivity index (χ2n) is 3.49. The van der Waals surface area contributed by atoms with Crippen molar-refractivity contribution in [1.29, 1.82) is 0 Å². The van der Waals surface area contributed by atoms with Crippen molar-refractivity contribution in [1.82, 2.24) is 4.57 Å².